The Labute approximate surface area is 140 Å². The van der Waals surface area contributed by atoms with Gasteiger partial charge in [0.05, 0.1) is 23.9 Å². The summed E-state index contributed by atoms with van der Waals surface area (Å²) in [5.74, 6) is 2.06. The Morgan fingerprint density at radius 1 is 1.21 bits per heavy atom. The lowest BCUT2D eigenvalue weighted by Gasteiger charge is -2.19. The van der Waals surface area contributed by atoms with Crippen molar-refractivity contribution in [3.63, 3.8) is 0 Å². The maximum Gasteiger partial charge on any atom is 0.175 e. The summed E-state index contributed by atoms with van der Waals surface area (Å²) in [6.07, 6.45) is 4.69. The molecule has 2 aliphatic rings. The van der Waals surface area contributed by atoms with Crippen LogP contribution in [0.1, 0.15) is 42.6 Å². The van der Waals surface area contributed by atoms with Crippen LogP contribution in [0.25, 0.3) is 11.5 Å². The topological polar surface area (TPSA) is 77.9 Å². The van der Waals surface area contributed by atoms with Gasteiger partial charge >= 0.3 is 0 Å². The average Bonchev–Trinajstić information content (AvgIpc) is 3.34. The third-order valence-electron chi connectivity index (χ3n) is 4.85. The summed E-state index contributed by atoms with van der Waals surface area (Å²) in [7, 11) is 1.94. The molecular formula is C17H21N5O2. The molecule has 7 heteroatoms. The smallest absolute Gasteiger partial charge is 0.175 e. The van der Waals surface area contributed by atoms with E-state index in [1.807, 2.05) is 28.6 Å². The highest BCUT2D eigenvalue weighted by molar-refractivity contribution is 5.55. The van der Waals surface area contributed by atoms with Crippen LogP contribution in [0.2, 0.25) is 0 Å². The number of ether oxygens (including phenoxy) is 2. The van der Waals surface area contributed by atoms with Crippen LogP contribution in [0.4, 0.5) is 0 Å². The molecule has 1 unspecified atom stereocenters. The Balaban J connectivity index is 1.76. The summed E-state index contributed by atoms with van der Waals surface area (Å²) in [5.41, 5.74) is 1.56. The molecule has 4 rings (SSSR count). The fourth-order valence-electron chi connectivity index (χ4n) is 3.46. The van der Waals surface area contributed by atoms with E-state index in [0.29, 0.717) is 18.1 Å². The molecule has 2 fully saturated rings. The standard InChI is InChI=1S/C17H21N5O2/c1-21-10-12(9-18)8-15(21)17-19-16(13-2-5-23-6-3-13)20-22(17)14-4-7-24-11-14/h8,10,13-14H,2-7,11H2,1H3. The number of aromatic nitrogens is 4. The van der Waals surface area contributed by atoms with Gasteiger partial charge in [-0.15, -0.1) is 0 Å². The minimum Gasteiger partial charge on any atom is -0.381 e. The van der Waals surface area contributed by atoms with E-state index < -0.39 is 0 Å². The molecule has 0 radical (unpaired) electrons. The lowest BCUT2D eigenvalue weighted by Crippen LogP contribution is -2.16. The first-order valence-corrected chi connectivity index (χ1v) is 8.45. The quantitative estimate of drug-likeness (QED) is 0.862. The molecule has 0 saturated carbocycles. The molecule has 0 N–H and O–H groups in total. The normalized spacial score (nSPS) is 21.9. The largest absolute Gasteiger partial charge is 0.381 e. The van der Waals surface area contributed by atoms with Crippen LogP contribution >= 0.6 is 0 Å². The lowest BCUT2D eigenvalue weighted by atomic mass is 10.00. The van der Waals surface area contributed by atoms with Gasteiger partial charge in [-0.2, -0.15) is 10.4 Å². The highest BCUT2D eigenvalue weighted by Crippen LogP contribution is 2.31. The van der Waals surface area contributed by atoms with E-state index in [4.69, 9.17) is 19.6 Å². The minimum absolute atomic E-state index is 0.210. The first-order chi connectivity index (χ1) is 11.8. The van der Waals surface area contributed by atoms with Crippen LogP contribution in [0.3, 0.4) is 0 Å². The van der Waals surface area contributed by atoms with Gasteiger partial charge < -0.3 is 14.0 Å². The van der Waals surface area contributed by atoms with Crippen molar-refractivity contribution in [2.45, 2.75) is 31.2 Å². The van der Waals surface area contributed by atoms with Crippen molar-refractivity contribution in [1.82, 2.24) is 19.3 Å². The van der Waals surface area contributed by atoms with Gasteiger partial charge in [0.15, 0.2) is 11.6 Å². The Hall–Kier alpha value is -2.17. The molecule has 1 atom stereocenters. The maximum absolute atomic E-state index is 9.17. The molecule has 0 bridgehead atoms. The molecule has 126 valence electrons. The van der Waals surface area contributed by atoms with Crippen LogP contribution in [-0.2, 0) is 16.5 Å². The predicted molar refractivity (Wildman–Crippen MR) is 86.4 cm³/mol. The zero-order chi connectivity index (χ0) is 16.5. The molecule has 4 heterocycles. The van der Waals surface area contributed by atoms with Crippen molar-refractivity contribution in [1.29, 1.82) is 5.26 Å². The number of aryl methyl sites for hydroxylation is 1. The van der Waals surface area contributed by atoms with Crippen molar-refractivity contribution in [3.05, 3.63) is 23.7 Å². The van der Waals surface area contributed by atoms with Gasteiger partial charge in [-0.1, -0.05) is 0 Å². The SMILES string of the molecule is Cn1cc(C#N)cc1-c1nc(C2CCOCC2)nn1C1CCOC1. The molecule has 2 aromatic rings. The van der Waals surface area contributed by atoms with Crippen LogP contribution in [0.5, 0.6) is 0 Å². The summed E-state index contributed by atoms with van der Waals surface area (Å²) >= 11 is 0. The molecule has 7 nitrogen and oxygen atoms in total. The zero-order valence-corrected chi connectivity index (χ0v) is 13.8. The van der Waals surface area contributed by atoms with Gasteiger partial charge in [-0.25, -0.2) is 9.67 Å². The summed E-state index contributed by atoms with van der Waals surface area (Å²) in [6.45, 7) is 2.96. The number of hydrogen-bond donors (Lipinski definition) is 0. The first kappa shape index (κ1) is 15.4. The second-order valence-corrected chi connectivity index (χ2v) is 6.48. The summed E-state index contributed by atoms with van der Waals surface area (Å²) in [4.78, 5) is 4.87. The van der Waals surface area contributed by atoms with E-state index >= 15 is 0 Å². The maximum atomic E-state index is 9.17. The number of hydrogen-bond acceptors (Lipinski definition) is 5. The number of nitrogens with zero attached hydrogens (tertiary/aromatic N) is 5. The summed E-state index contributed by atoms with van der Waals surface area (Å²) in [6, 6.07) is 4.29. The van der Waals surface area contributed by atoms with Crippen LogP contribution in [0, 0.1) is 11.3 Å². The van der Waals surface area contributed by atoms with E-state index in [9.17, 15) is 5.26 Å². The van der Waals surface area contributed by atoms with Gasteiger partial charge in [0.1, 0.15) is 6.07 Å². The number of rotatable bonds is 3. The van der Waals surface area contributed by atoms with Crippen LogP contribution < -0.4 is 0 Å². The van der Waals surface area contributed by atoms with Crippen molar-refractivity contribution < 1.29 is 9.47 Å². The van der Waals surface area contributed by atoms with Crippen molar-refractivity contribution in [3.8, 4) is 17.6 Å². The second-order valence-electron chi connectivity index (χ2n) is 6.48. The molecule has 0 spiro atoms. The molecule has 0 amide bonds. The Bertz CT molecular complexity index is 761. The summed E-state index contributed by atoms with van der Waals surface area (Å²) in [5, 5.41) is 14.0. The monoisotopic (exact) mass is 327 g/mol. The Morgan fingerprint density at radius 3 is 2.67 bits per heavy atom. The van der Waals surface area contributed by atoms with E-state index in [0.717, 1.165) is 56.4 Å². The highest BCUT2D eigenvalue weighted by Gasteiger charge is 2.28. The molecule has 0 aromatic carbocycles. The van der Waals surface area contributed by atoms with E-state index in [2.05, 4.69) is 6.07 Å². The van der Waals surface area contributed by atoms with Crippen molar-refractivity contribution in [2.75, 3.05) is 26.4 Å². The van der Waals surface area contributed by atoms with Gasteiger partial charge in [-0.3, -0.25) is 0 Å². The third kappa shape index (κ3) is 2.72. The fourth-order valence-corrected chi connectivity index (χ4v) is 3.46. The fraction of sp³-hybridized carbons (Fsp3) is 0.588. The molecule has 2 saturated heterocycles. The van der Waals surface area contributed by atoms with Gasteiger partial charge in [-0.05, 0) is 25.3 Å². The van der Waals surface area contributed by atoms with Crippen LogP contribution in [0.15, 0.2) is 12.3 Å². The molecular weight excluding hydrogens is 306 g/mol. The third-order valence-corrected chi connectivity index (χ3v) is 4.85. The average molecular weight is 327 g/mol. The predicted octanol–water partition coefficient (Wildman–Crippen LogP) is 2.01. The molecule has 2 aliphatic heterocycles. The van der Waals surface area contributed by atoms with Crippen molar-refractivity contribution in [2.24, 2.45) is 7.05 Å². The summed E-state index contributed by atoms with van der Waals surface area (Å²) < 4.78 is 15.0. The Kier molecular flexibility index (Phi) is 4.08. The lowest BCUT2D eigenvalue weighted by molar-refractivity contribution is 0.0835. The van der Waals surface area contributed by atoms with Crippen LogP contribution in [-0.4, -0.2) is 45.8 Å². The van der Waals surface area contributed by atoms with Crippen molar-refractivity contribution >= 4 is 0 Å². The molecule has 2 aromatic heterocycles. The number of nitriles is 1. The second kappa shape index (κ2) is 6.38. The minimum atomic E-state index is 0.210. The van der Waals surface area contributed by atoms with Gasteiger partial charge in [0.2, 0.25) is 0 Å². The molecule has 0 aliphatic carbocycles. The van der Waals surface area contributed by atoms with E-state index in [1.54, 1.807) is 0 Å². The van der Waals surface area contributed by atoms with E-state index in [1.165, 1.54) is 0 Å². The highest BCUT2D eigenvalue weighted by atomic mass is 16.5. The van der Waals surface area contributed by atoms with Gasteiger partial charge in [0, 0.05) is 39.0 Å². The Morgan fingerprint density at radius 2 is 2.00 bits per heavy atom. The first-order valence-electron chi connectivity index (χ1n) is 8.45. The van der Waals surface area contributed by atoms with E-state index in [-0.39, 0.29) is 6.04 Å². The van der Waals surface area contributed by atoms with Gasteiger partial charge in [0.25, 0.3) is 0 Å². The zero-order valence-electron chi connectivity index (χ0n) is 13.8. The molecule has 24 heavy (non-hydrogen) atoms.